The van der Waals surface area contributed by atoms with Crippen LogP contribution in [0.1, 0.15) is 220 Å². The molecule has 0 bridgehead atoms. The van der Waals surface area contributed by atoms with Crippen molar-refractivity contribution in [3.63, 3.8) is 0 Å². The molecule has 10 atom stereocenters. The van der Waals surface area contributed by atoms with Crippen LogP contribution >= 0.6 is 0 Å². The third-order valence-electron chi connectivity index (χ3n) is 12.5. The van der Waals surface area contributed by atoms with Crippen molar-refractivity contribution in [1.29, 1.82) is 0 Å². The highest BCUT2D eigenvalue weighted by Gasteiger charge is 2.44. The second-order valence-corrected chi connectivity index (χ2v) is 17.8. The summed E-state index contributed by atoms with van der Waals surface area (Å²) in [4.78, 5) is 13.1. The number of rotatable bonds is 40. The van der Waals surface area contributed by atoms with Crippen LogP contribution in [0, 0.1) is 5.92 Å². The molecule has 0 aromatic rings. The largest absolute Gasteiger partial charge is 0.394 e. The summed E-state index contributed by atoms with van der Waals surface area (Å²) in [7, 11) is 0. The van der Waals surface area contributed by atoms with Crippen molar-refractivity contribution < 1.29 is 50.0 Å². The van der Waals surface area contributed by atoms with E-state index in [1.165, 1.54) is 135 Å². The molecule has 1 amide bonds. The third-order valence-corrected chi connectivity index (χ3v) is 12.5. The van der Waals surface area contributed by atoms with Crippen LogP contribution < -0.4 is 5.32 Å². The van der Waals surface area contributed by atoms with E-state index in [2.05, 4.69) is 26.1 Å². The number of amides is 1. The van der Waals surface area contributed by atoms with Crippen LogP contribution in [-0.2, 0) is 14.3 Å². The Balaban J connectivity index is 2.38. The highest BCUT2D eigenvalue weighted by molar-refractivity contribution is 5.80. The second kappa shape index (κ2) is 36.7. The zero-order valence-electron chi connectivity index (χ0n) is 37.5. The van der Waals surface area contributed by atoms with Gasteiger partial charge in [-0.2, -0.15) is 0 Å². The fourth-order valence-corrected chi connectivity index (χ4v) is 8.01. The highest BCUT2D eigenvalue weighted by Crippen LogP contribution is 2.23. The minimum atomic E-state index is -1.66. The molecule has 10 unspecified atom stereocenters. The number of hydrogen-bond donors (Lipinski definition) is 8. The highest BCUT2D eigenvalue weighted by atomic mass is 16.7. The van der Waals surface area contributed by atoms with E-state index in [0.717, 1.165) is 44.4 Å². The molecule has 58 heavy (non-hydrogen) atoms. The van der Waals surface area contributed by atoms with Crippen LogP contribution in [0.4, 0.5) is 0 Å². The summed E-state index contributed by atoms with van der Waals surface area (Å²) in [5.74, 6) is 0.0837. The predicted molar refractivity (Wildman–Crippen MR) is 233 cm³/mol. The number of aliphatic hydroxyl groups excluding tert-OH is 7. The van der Waals surface area contributed by atoms with E-state index in [9.17, 15) is 40.5 Å². The van der Waals surface area contributed by atoms with E-state index in [4.69, 9.17) is 9.47 Å². The molecule has 0 spiro atoms. The molecule has 11 nitrogen and oxygen atoms in total. The van der Waals surface area contributed by atoms with Crippen LogP contribution in [0.5, 0.6) is 0 Å². The van der Waals surface area contributed by atoms with Crippen molar-refractivity contribution >= 4 is 5.91 Å². The number of aliphatic hydroxyl groups is 7. The number of nitrogens with one attached hydrogen (secondary N) is 1. The Morgan fingerprint density at radius 2 is 1.00 bits per heavy atom. The van der Waals surface area contributed by atoms with Crippen molar-refractivity contribution in [1.82, 2.24) is 5.32 Å². The number of carbonyl (C=O) groups excluding carboxylic acids is 1. The zero-order chi connectivity index (χ0) is 42.8. The van der Waals surface area contributed by atoms with E-state index in [1.54, 1.807) is 0 Å². The summed E-state index contributed by atoms with van der Waals surface area (Å²) < 4.78 is 11.1. The van der Waals surface area contributed by atoms with E-state index in [1.807, 2.05) is 0 Å². The van der Waals surface area contributed by atoms with E-state index < -0.39 is 74.2 Å². The SMILES string of the molecule is CCCCCCCCCCCCCCCCCCCCCCC(O)C(=O)NC(COC1OC(CO)C(O)C(O)C1O)C(O)C(O)CCCCCCCCCC(C)CC. The molecule has 1 rings (SSSR count). The summed E-state index contributed by atoms with van der Waals surface area (Å²) in [5, 5.41) is 75.7. The lowest BCUT2D eigenvalue weighted by atomic mass is 9.98. The van der Waals surface area contributed by atoms with Crippen molar-refractivity contribution in [2.45, 2.75) is 275 Å². The van der Waals surface area contributed by atoms with Crippen molar-refractivity contribution in [2.75, 3.05) is 13.2 Å². The number of unbranched alkanes of at least 4 members (excludes halogenated alkanes) is 25. The number of carbonyl (C=O) groups is 1. The number of ether oxygens (including phenoxy) is 2. The Morgan fingerprint density at radius 1 is 0.586 bits per heavy atom. The normalized spacial score (nSPS) is 22.4. The summed E-state index contributed by atoms with van der Waals surface area (Å²) in [6.45, 7) is 5.74. The minimum absolute atomic E-state index is 0.265. The Labute approximate surface area is 354 Å². The molecule has 1 aliphatic heterocycles. The topological polar surface area (TPSA) is 189 Å². The molecule has 0 aromatic carbocycles. The molecule has 1 fully saturated rings. The van der Waals surface area contributed by atoms with Gasteiger partial charge in [-0.3, -0.25) is 4.79 Å². The molecule has 8 N–H and O–H groups in total. The Morgan fingerprint density at radius 3 is 1.43 bits per heavy atom. The minimum Gasteiger partial charge on any atom is -0.394 e. The van der Waals surface area contributed by atoms with Gasteiger partial charge in [0.1, 0.15) is 36.6 Å². The Hall–Kier alpha value is -0.890. The fraction of sp³-hybridized carbons (Fsp3) is 0.979. The first-order valence-electron chi connectivity index (χ1n) is 24.3. The van der Waals surface area contributed by atoms with Gasteiger partial charge < -0.3 is 50.5 Å². The van der Waals surface area contributed by atoms with Crippen LogP contribution in [0.2, 0.25) is 0 Å². The van der Waals surface area contributed by atoms with Crippen molar-refractivity contribution in [2.24, 2.45) is 5.92 Å². The molecule has 1 aliphatic rings. The molecule has 0 radical (unpaired) electrons. The third kappa shape index (κ3) is 26.4. The van der Waals surface area contributed by atoms with Gasteiger partial charge in [-0.1, -0.05) is 207 Å². The molecule has 1 heterocycles. The lowest BCUT2D eigenvalue weighted by Gasteiger charge is -2.40. The number of hydrogen-bond acceptors (Lipinski definition) is 10. The van der Waals surface area contributed by atoms with Crippen LogP contribution in [0.15, 0.2) is 0 Å². The average molecular weight is 832 g/mol. The van der Waals surface area contributed by atoms with Gasteiger partial charge in [0.2, 0.25) is 5.91 Å². The monoisotopic (exact) mass is 832 g/mol. The summed E-state index contributed by atoms with van der Waals surface area (Å²) >= 11 is 0. The maximum absolute atomic E-state index is 13.1. The van der Waals surface area contributed by atoms with Gasteiger partial charge >= 0.3 is 0 Å². The quantitative estimate of drug-likeness (QED) is 0.0280. The molecular weight excluding hydrogens is 739 g/mol. The lowest BCUT2D eigenvalue weighted by Crippen LogP contribution is -2.60. The second-order valence-electron chi connectivity index (χ2n) is 17.8. The first-order valence-corrected chi connectivity index (χ1v) is 24.3. The maximum Gasteiger partial charge on any atom is 0.249 e. The molecule has 0 aromatic heterocycles. The van der Waals surface area contributed by atoms with Crippen LogP contribution in [-0.4, -0.2) is 110 Å². The Bertz CT molecular complexity index is 928. The van der Waals surface area contributed by atoms with Crippen LogP contribution in [0.3, 0.4) is 0 Å². The van der Waals surface area contributed by atoms with Gasteiger partial charge in [0.25, 0.3) is 0 Å². The molecule has 346 valence electrons. The first kappa shape index (κ1) is 55.1. The van der Waals surface area contributed by atoms with Gasteiger partial charge in [0.15, 0.2) is 6.29 Å². The average Bonchev–Trinajstić information content (AvgIpc) is 3.22. The molecule has 0 saturated carbocycles. The summed E-state index contributed by atoms with van der Waals surface area (Å²) in [6, 6.07) is -1.16. The fourth-order valence-electron chi connectivity index (χ4n) is 8.01. The predicted octanol–water partition coefficient (Wildman–Crippen LogP) is 8.14. The first-order chi connectivity index (χ1) is 28.1. The molecule has 1 saturated heterocycles. The van der Waals surface area contributed by atoms with Crippen molar-refractivity contribution in [3.05, 3.63) is 0 Å². The van der Waals surface area contributed by atoms with Crippen LogP contribution in [0.25, 0.3) is 0 Å². The molecule has 0 aliphatic carbocycles. The van der Waals surface area contributed by atoms with Gasteiger partial charge in [0.05, 0.1) is 25.4 Å². The van der Waals surface area contributed by atoms with Gasteiger partial charge in [-0.05, 0) is 18.8 Å². The lowest BCUT2D eigenvalue weighted by molar-refractivity contribution is -0.303. The summed E-state index contributed by atoms with van der Waals surface area (Å²) in [6.07, 6.45) is 24.5. The van der Waals surface area contributed by atoms with Gasteiger partial charge in [-0.25, -0.2) is 0 Å². The maximum atomic E-state index is 13.1. The summed E-state index contributed by atoms with van der Waals surface area (Å²) in [5.41, 5.74) is 0. The van der Waals surface area contributed by atoms with Crippen molar-refractivity contribution in [3.8, 4) is 0 Å². The standard InChI is InChI=1S/C47H93NO10/c1-4-6-7-8-9-10-11-12-13-14-15-16-17-18-19-20-21-24-28-31-34-40(51)46(56)48-38(36-57-47-45(55)44(54)43(53)41(35-49)58-47)42(52)39(50)33-30-27-25-22-23-26-29-32-37(3)5-2/h37-45,47,49-55H,4-36H2,1-3H3,(H,48,56). The zero-order valence-corrected chi connectivity index (χ0v) is 37.5. The Kier molecular flexibility index (Phi) is 34.9. The molecular formula is C47H93NO10. The van der Waals surface area contributed by atoms with Gasteiger partial charge in [-0.15, -0.1) is 0 Å². The van der Waals surface area contributed by atoms with E-state index >= 15 is 0 Å². The smallest absolute Gasteiger partial charge is 0.249 e. The molecule has 11 heteroatoms. The van der Waals surface area contributed by atoms with E-state index in [-0.39, 0.29) is 6.42 Å². The van der Waals surface area contributed by atoms with Gasteiger partial charge in [0, 0.05) is 0 Å². The van der Waals surface area contributed by atoms with E-state index in [0.29, 0.717) is 19.3 Å².